The molecule has 0 radical (unpaired) electrons. The average Bonchev–Trinajstić information content (AvgIpc) is 3.40. The third kappa shape index (κ3) is 5.41. The Kier molecular flexibility index (Phi) is 8.15. The molecule has 4 rings (SSSR count). The van der Waals surface area contributed by atoms with E-state index in [1.54, 1.807) is 25.1 Å². The summed E-state index contributed by atoms with van der Waals surface area (Å²) in [6.07, 6.45) is 0.159. The number of carbonyl (C=O) groups excluding carboxylic acids is 2. The van der Waals surface area contributed by atoms with Gasteiger partial charge in [-0.25, -0.2) is 30.7 Å². The van der Waals surface area contributed by atoms with Gasteiger partial charge in [0.2, 0.25) is 12.6 Å². The lowest BCUT2D eigenvalue weighted by Crippen LogP contribution is -2.47. The van der Waals surface area contributed by atoms with Crippen LogP contribution in [0.2, 0.25) is 0 Å². The van der Waals surface area contributed by atoms with Gasteiger partial charge in [-0.2, -0.15) is 0 Å². The summed E-state index contributed by atoms with van der Waals surface area (Å²) in [5.74, 6) is -0.739. The number of methoxy groups -OCH3 is 1. The number of carbonyl (C=O) groups is 2. The highest BCUT2D eigenvalue weighted by Gasteiger charge is 2.43. The molecule has 1 aromatic heterocycles. The zero-order chi connectivity index (χ0) is 27.2. The third-order valence-electron chi connectivity index (χ3n) is 6.45. The summed E-state index contributed by atoms with van der Waals surface area (Å²) in [6, 6.07) is 3.09. The van der Waals surface area contributed by atoms with Crippen molar-refractivity contribution in [2.75, 3.05) is 20.3 Å². The Labute approximate surface area is 217 Å². The molecular formula is C24H26N6O8. The van der Waals surface area contributed by atoms with Crippen molar-refractivity contribution in [2.45, 2.75) is 57.2 Å². The first-order valence-electron chi connectivity index (χ1n) is 12.1. The van der Waals surface area contributed by atoms with Crippen LogP contribution in [0.4, 0.5) is 4.79 Å². The average molecular weight is 527 g/mol. The first-order valence-corrected chi connectivity index (χ1v) is 12.1. The quantitative estimate of drug-likeness (QED) is 0.172. The van der Waals surface area contributed by atoms with Crippen LogP contribution in [0.5, 0.6) is 0 Å². The fourth-order valence-corrected chi connectivity index (χ4v) is 4.57. The molecule has 2 aromatic rings. The molecule has 0 N–H and O–H groups in total. The SMILES string of the molecule is [C-]#[N+]CCOC(=O)C1=C(CC)N=C(OC)N(C(=O)OC2CCC([N+](=O)[O-])CC2)C1c1ccc2nonc2c1. The molecule has 14 nitrogen and oxygen atoms in total. The summed E-state index contributed by atoms with van der Waals surface area (Å²) in [7, 11) is 1.34. The molecule has 1 aliphatic heterocycles. The highest BCUT2D eigenvalue weighted by molar-refractivity contribution is 6.00. The van der Waals surface area contributed by atoms with Crippen molar-refractivity contribution in [1.29, 1.82) is 0 Å². The number of ether oxygens (including phenoxy) is 3. The lowest BCUT2D eigenvalue weighted by molar-refractivity contribution is -0.527. The summed E-state index contributed by atoms with van der Waals surface area (Å²) in [5.41, 5.74) is 1.77. The maximum Gasteiger partial charge on any atom is 0.419 e. The molecular weight excluding hydrogens is 500 g/mol. The zero-order valence-corrected chi connectivity index (χ0v) is 20.9. The first-order chi connectivity index (χ1) is 18.4. The van der Waals surface area contributed by atoms with Crippen LogP contribution in [0.3, 0.4) is 0 Å². The predicted molar refractivity (Wildman–Crippen MR) is 130 cm³/mol. The van der Waals surface area contributed by atoms with Gasteiger partial charge in [0.1, 0.15) is 23.2 Å². The lowest BCUT2D eigenvalue weighted by Gasteiger charge is -2.36. The molecule has 0 spiro atoms. The minimum Gasteiger partial charge on any atom is -0.468 e. The van der Waals surface area contributed by atoms with Gasteiger partial charge in [0.15, 0.2) is 6.61 Å². The Balaban J connectivity index is 1.73. The van der Waals surface area contributed by atoms with Gasteiger partial charge in [-0.1, -0.05) is 13.0 Å². The van der Waals surface area contributed by atoms with Gasteiger partial charge in [-0.3, -0.25) is 10.1 Å². The molecule has 1 atom stereocenters. The first kappa shape index (κ1) is 26.5. The van der Waals surface area contributed by atoms with Crippen LogP contribution in [0.1, 0.15) is 50.6 Å². The van der Waals surface area contributed by atoms with E-state index in [2.05, 4.69) is 20.2 Å². The van der Waals surface area contributed by atoms with Crippen molar-refractivity contribution in [3.63, 3.8) is 0 Å². The number of esters is 1. The predicted octanol–water partition coefficient (Wildman–Crippen LogP) is 3.43. The summed E-state index contributed by atoms with van der Waals surface area (Å²) < 4.78 is 21.4. The minimum atomic E-state index is -1.07. The van der Waals surface area contributed by atoms with Gasteiger partial charge in [-0.05, 0) is 47.3 Å². The topological polar surface area (TPSA) is 164 Å². The number of rotatable bonds is 7. The van der Waals surface area contributed by atoms with Crippen molar-refractivity contribution in [1.82, 2.24) is 15.2 Å². The van der Waals surface area contributed by atoms with E-state index >= 15 is 0 Å². The largest absolute Gasteiger partial charge is 0.468 e. The number of fused-ring (bicyclic) bond motifs is 1. The maximum atomic E-state index is 13.6. The normalized spacial score (nSPS) is 21.4. The fraction of sp³-hybridized carbons (Fsp3) is 0.500. The molecule has 1 aromatic carbocycles. The summed E-state index contributed by atoms with van der Waals surface area (Å²) in [6.45, 7) is 8.60. The Morgan fingerprint density at radius 1 is 1.24 bits per heavy atom. The number of hydrogen-bond donors (Lipinski definition) is 0. The van der Waals surface area contributed by atoms with E-state index in [-0.39, 0.29) is 42.5 Å². The highest BCUT2D eigenvalue weighted by Crippen LogP contribution is 2.39. The molecule has 1 fully saturated rings. The van der Waals surface area contributed by atoms with Crippen molar-refractivity contribution in [2.24, 2.45) is 4.99 Å². The Hall–Kier alpha value is -4.54. The number of amidine groups is 1. The summed E-state index contributed by atoms with van der Waals surface area (Å²) >= 11 is 0. The smallest absolute Gasteiger partial charge is 0.419 e. The van der Waals surface area contributed by atoms with Crippen molar-refractivity contribution >= 4 is 29.1 Å². The van der Waals surface area contributed by atoms with Crippen LogP contribution in [0.25, 0.3) is 15.9 Å². The van der Waals surface area contributed by atoms with E-state index in [0.717, 1.165) is 4.90 Å². The van der Waals surface area contributed by atoms with E-state index < -0.39 is 30.3 Å². The monoisotopic (exact) mass is 526 g/mol. The number of nitro groups is 1. The lowest BCUT2D eigenvalue weighted by atomic mass is 9.93. The molecule has 38 heavy (non-hydrogen) atoms. The van der Waals surface area contributed by atoms with Crippen LogP contribution < -0.4 is 0 Å². The summed E-state index contributed by atoms with van der Waals surface area (Å²) in [4.78, 5) is 46.5. The third-order valence-corrected chi connectivity index (χ3v) is 6.45. The molecule has 1 aliphatic carbocycles. The number of amides is 1. The van der Waals surface area contributed by atoms with Crippen LogP contribution >= 0.6 is 0 Å². The van der Waals surface area contributed by atoms with Crippen molar-refractivity contribution in [3.8, 4) is 0 Å². The Morgan fingerprint density at radius 2 is 1.97 bits per heavy atom. The molecule has 1 amide bonds. The number of allylic oxidation sites excluding steroid dienone is 1. The second kappa shape index (κ2) is 11.7. The minimum absolute atomic E-state index is 0.0210. The van der Waals surface area contributed by atoms with Crippen LogP contribution in [-0.4, -0.2) is 70.6 Å². The van der Waals surface area contributed by atoms with E-state index in [4.69, 9.17) is 25.4 Å². The molecule has 2 heterocycles. The molecule has 1 unspecified atom stereocenters. The molecule has 200 valence electrons. The second-order valence-corrected chi connectivity index (χ2v) is 8.71. The molecule has 2 aliphatic rings. The number of nitrogens with zero attached hydrogens (tertiary/aromatic N) is 6. The van der Waals surface area contributed by atoms with Gasteiger partial charge in [-0.15, -0.1) is 0 Å². The number of benzene rings is 1. The van der Waals surface area contributed by atoms with E-state index in [0.29, 0.717) is 41.6 Å². The van der Waals surface area contributed by atoms with Gasteiger partial charge in [0.25, 0.3) is 0 Å². The van der Waals surface area contributed by atoms with Gasteiger partial charge >= 0.3 is 18.1 Å². The molecule has 14 heteroatoms. The number of aliphatic imine (C=N–C) groups is 1. The second-order valence-electron chi connectivity index (χ2n) is 8.71. The maximum absolute atomic E-state index is 13.6. The van der Waals surface area contributed by atoms with Crippen LogP contribution in [0.15, 0.2) is 39.1 Å². The van der Waals surface area contributed by atoms with Crippen LogP contribution in [-0.2, 0) is 19.0 Å². The van der Waals surface area contributed by atoms with Gasteiger partial charge in [0, 0.05) is 17.8 Å². The fourth-order valence-electron chi connectivity index (χ4n) is 4.57. The number of hydrogen-bond acceptors (Lipinski definition) is 11. The Morgan fingerprint density at radius 3 is 2.63 bits per heavy atom. The van der Waals surface area contributed by atoms with Gasteiger partial charge in [0.05, 0.1) is 18.4 Å². The Bertz CT molecular complexity index is 1320. The molecule has 0 bridgehead atoms. The van der Waals surface area contributed by atoms with Gasteiger partial charge < -0.3 is 19.1 Å². The summed E-state index contributed by atoms with van der Waals surface area (Å²) in [5, 5.41) is 18.8. The zero-order valence-electron chi connectivity index (χ0n) is 20.9. The number of aromatic nitrogens is 2. The molecule has 0 saturated heterocycles. The van der Waals surface area contributed by atoms with Crippen LogP contribution in [0, 0.1) is 16.7 Å². The molecule has 1 saturated carbocycles. The highest BCUT2D eigenvalue weighted by atomic mass is 16.6. The van der Waals surface area contributed by atoms with Crippen molar-refractivity contribution < 1.29 is 33.4 Å². The standard InChI is InChI=1S/C24H26N6O8/c1-4-17-20(22(31)36-12-11-25-2)21(14-5-10-18-19(13-14)28-38-27-18)29(23(26-17)35-3)24(32)37-16-8-6-15(7-9-16)30(33)34/h5,10,13,15-16,21H,4,6-9,11-12H2,1,3H3. The van der Waals surface area contributed by atoms with E-state index in [1.807, 2.05) is 0 Å². The van der Waals surface area contributed by atoms with E-state index in [9.17, 15) is 19.7 Å². The van der Waals surface area contributed by atoms with E-state index in [1.165, 1.54) is 7.11 Å². The van der Waals surface area contributed by atoms with Crippen molar-refractivity contribution in [3.05, 3.63) is 56.6 Å².